The SMILES string of the molecule is COc1ccc(C(OC[C@H]2O[C@@H](n3ccc(=O)[nH]c3=O)[C@H](NC(=O)CCCCCCCCCCCCCCCO[C@@H]3O[C@H](COC(C)=O)[C@H](OC(C)=O)[C@H](OC(C)=O)[C@H]3NC(C)=O)[C@@H]2OP(OCCC#N)N(C(C)C)C(C)C)(c2ccccc2)c2ccc(OC)cc2)cc1. The lowest BCUT2D eigenvalue weighted by Crippen LogP contribution is -2.66. The Hall–Kier alpha value is -7.07. The lowest BCUT2D eigenvalue weighted by molar-refractivity contribution is -0.277. The Morgan fingerprint density at radius 1 is 0.638 bits per heavy atom. The van der Waals surface area contributed by atoms with Crippen LogP contribution in [-0.4, -0.2) is 146 Å². The third-order valence-electron chi connectivity index (χ3n) is 16.2. The summed E-state index contributed by atoms with van der Waals surface area (Å²) in [6, 6.07) is 26.2. The van der Waals surface area contributed by atoms with Crippen LogP contribution < -0.4 is 31.4 Å². The van der Waals surface area contributed by atoms with E-state index in [1.165, 1.54) is 44.5 Å². The van der Waals surface area contributed by atoms with E-state index in [4.69, 9.17) is 51.7 Å². The number of nitriles is 1. The van der Waals surface area contributed by atoms with Gasteiger partial charge in [0.1, 0.15) is 54.1 Å². The highest BCUT2D eigenvalue weighted by Gasteiger charge is 2.53. The molecule has 0 spiro atoms. The van der Waals surface area contributed by atoms with Crippen LogP contribution in [0.25, 0.3) is 0 Å². The average molecular weight is 1330 g/mol. The maximum absolute atomic E-state index is 14.4. The molecule has 2 amide bonds. The molecular formula is C69H97N6O18P. The summed E-state index contributed by atoms with van der Waals surface area (Å²) in [5.41, 5.74) is -0.328. The largest absolute Gasteiger partial charge is 0.497 e. The van der Waals surface area contributed by atoms with Gasteiger partial charge in [-0.1, -0.05) is 125 Å². The van der Waals surface area contributed by atoms with Crippen LogP contribution in [0.3, 0.4) is 0 Å². The monoisotopic (exact) mass is 1330 g/mol. The normalized spacial score (nSPS) is 20.7. The number of ether oxygens (including phenoxy) is 9. The number of methoxy groups -OCH3 is 2. The molecule has 10 atom stereocenters. The number of aromatic nitrogens is 2. The smallest absolute Gasteiger partial charge is 0.330 e. The molecule has 3 N–H and O–H groups in total. The predicted octanol–water partition coefficient (Wildman–Crippen LogP) is 9.74. The van der Waals surface area contributed by atoms with E-state index in [2.05, 4.69) is 26.4 Å². The molecule has 6 rings (SSSR count). The number of hydrogen-bond acceptors (Lipinski definition) is 20. The van der Waals surface area contributed by atoms with Crippen LogP contribution in [0.5, 0.6) is 11.5 Å². The second-order valence-electron chi connectivity index (χ2n) is 24.0. The van der Waals surface area contributed by atoms with Gasteiger partial charge in [0.05, 0.1) is 39.9 Å². The van der Waals surface area contributed by atoms with Crippen molar-refractivity contribution in [3.63, 3.8) is 0 Å². The molecule has 4 aromatic rings. The lowest BCUT2D eigenvalue weighted by atomic mass is 9.80. The molecule has 1 unspecified atom stereocenters. The third-order valence-corrected chi connectivity index (χ3v) is 18.3. The number of aromatic amines is 1. The summed E-state index contributed by atoms with van der Waals surface area (Å²) in [4.78, 5) is 91.4. The topological polar surface area (TPSA) is 293 Å². The Morgan fingerprint density at radius 3 is 1.68 bits per heavy atom. The number of rotatable bonds is 40. The van der Waals surface area contributed by atoms with Gasteiger partial charge in [-0.3, -0.25) is 38.3 Å². The van der Waals surface area contributed by atoms with Crippen molar-refractivity contribution in [3.05, 3.63) is 129 Å². The number of esters is 3. The Kier molecular flexibility index (Phi) is 31.6. The van der Waals surface area contributed by atoms with E-state index < -0.39 is 104 Å². The Bertz CT molecular complexity index is 3090. The molecule has 3 aromatic carbocycles. The van der Waals surface area contributed by atoms with E-state index >= 15 is 0 Å². The number of unbranched alkanes of at least 4 members (excludes halogenated alkanes) is 12. The van der Waals surface area contributed by atoms with Crippen molar-refractivity contribution >= 4 is 38.2 Å². The molecule has 0 aliphatic carbocycles. The molecule has 2 fully saturated rings. The van der Waals surface area contributed by atoms with E-state index in [-0.39, 0.29) is 57.3 Å². The van der Waals surface area contributed by atoms with Crippen molar-refractivity contribution in [2.24, 2.45) is 0 Å². The van der Waals surface area contributed by atoms with Crippen LogP contribution in [0.15, 0.2) is 101 Å². The molecule has 2 saturated heterocycles. The standard InChI is InChI=1S/C69H97N6O18P/c1-46(2)75(47(3)4)94(88-43-27-40-70)93-63-58(45-87-69(52-28-23-22-24-29-52,53-31-35-55(83-9)36-32-53)54-33-37-56(84-10)38-34-54)91-66(74-41-39-60(81)73-68(74)82)61(63)72-59(80)30-25-20-18-16-14-12-11-13-15-17-19-21-26-42-85-67-62(71-48(5)76)65(90-51(8)79)64(89-50(7)78)57(92-67)44-86-49(6)77/h22-24,28-29,31-39,41,46-47,57-58,61-67H,11-21,25-27,30,42-45H2,1-10H3,(H,71,76)(H,72,80)(H,73,81,82)/t57-,58-,61-,62-,63-,64+,65-,66-,67-,94?/m1/s1. The number of nitrogens with one attached hydrogen (secondary N) is 3. The number of benzene rings is 3. The highest BCUT2D eigenvalue weighted by atomic mass is 31.2. The molecular weight excluding hydrogens is 1230 g/mol. The molecule has 94 heavy (non-hydrogen) atoms. The van der Waals surface area contributed by atoms with Gasteiger partial charge in [0, 0.05) is 65.1 Å². The number of hydrogen-bond donors (Lipinski definition) is 3. The fourth-order valence-electron chi connectivity index (χ4n) is 11.9. The fraction of sp³-hybridized carbons (Fsp3) is 0.594. The maximum atomic E-state index is 14.4. The van der Waals surface area contributed by atoms with Gasteiger partial charge in [0.2, 0.25) is 11.8 Å². The molecule has 2 aliphatic heterocycles. The van der Waals surface area contributed by atoms with Gasteiger partial charge in [-0.05, 0) is 81.5 Å². The number of nitrogens with zero attached hydrogens (tertiary/aromatic N) is 3. The number of amides is 2. The fourth-order valence-corrected chi connectivity index (χ4v) is 13.7. The van der Waals surface area contributed by atoms with Crippen molar-refractivity contribution in [3.8, 4) is 17.6 Å². The van der Waals surface area contributed by atoms with Crippen LogP contribution in [0.4, 0.5) is 0 Å². The number of carbonyl (C=O) groups is 5. The second kappa shape index (κ2) is 39.1. The molecule has 2 aliphatic rings. The van der Waals surface area contributed by atoms with Gasteiger partial charge < -0.3 is 62.3 Å². The van der Waals surface area contributed by atoms with E-state index in [9.17, 15) is 38.8 Å². The summed E-state index contributed by atoms with van der Waals surface area (Å²) >= 11 is 0. The Morgan fingerprint density at radius 2 is 1.17 bits per heavy atom. The highest BCUT2D eigenvalue weighted by molar-refractivity contribution is 7.44. The molecule has 0 radical (unpaired) electrons. The third kappa shape index (κ3) is 22.5. The Labute approximate surface area is 553 Å². The quantitative estimate of drug-likeness (QED) is 0.0123. The van der Waals surface area contributed by atoms with Gasteiger partial charge >= 0.3 is 23.6 Å². The van der Waals surface area contributed by atoms with Gasteiger partial charge in [-0.2, -0.15) is 5.26 Å². The molecule has 0 bridgehead atoms. The van der Waals surface area contributed by atoms with Crippen molar-refractivity contribution in [2.75, 3.05) is 40.6 Å². The van der Waals surface area contributed by atoms with Crippen LogP contribution >= 0.6 is 8.53 Å². The van der Waals surface area contributed by atoms with E-state index in [1.54, 1.807) is 14.2 Å². The van der Waals surface area contributed by atoms with Crippen molar-refractivity contribution in [2.45, 2.75) is 225 Å². The lowest BCUT2D eigenvalue weighted by Gasteiger charge is -2.44. The summed E-state index contributed by atoms with van der Waals surface area (Å²) in [6.07, 6.45) is 6.40. The molecule has 25 heteroatoms. The molecule has 516 valence electrons. The van der Waals surface area contributed by atoms with Crippen molar-refractivity contribution in [1.29, 1.82) is 5.26 Å². The van der Waals surface area contributed by atoms with Gasteiger partial charge in [-0.15, -0.1) is 0 Å². The number of carbonyl (C=O) groups excluding carboxylic acids is 5. The van der Waals surface area contributed by atoms with E-state index in [0.717, 1.165) is 87.3 Å². The predicted molar refractivity (Wildman–Crippen MR) is 350 cm³/mol. The zero-order valence-electron chi connectivity index (χ0n) is 56.1. The zero-order valence-corrected chi connectivity index (χ0v) is 57.0. The van der Waals surface area contributed by atoms with Crippen LogP contribution in [0, 0.1) is 11.3 Å². The first-order valence-electron chi connectivity index (χ1n) is 32.7. The van der Waals surface area contributed by atoms with Crippen LogP contribution in [0.2, 0.25) is 0 Å². The molecule has 1 aromatic heterocycles. The first-order valence-corrected chi connectivity index (χ1v) is 33.9. The maximum Gasteiger partial charge on any atom is 0.330 e. The van der Waals surface area contributed by atoms with E-state index in [1.807, 2.05) is 107 Å². The minimum Gasteiger partial charge on any atom is -0.497 e. The minimum absolute atomic E-state index is 0.0689. The van der Waals surface area contributed by atoms with Crippen molar-refractivity contribution < 1.29 is 75.7 Å². The van der Waals surface area contributed by atoms with Gasteiger partial charge in [-0.25, -0.2) is 9.46 Å². The zero-order chi connectivity index (χ0) is 68.2. The van der Waals surface area contributed by atoms with Crippen LogP contribution in [-0.2, 0) is 71.8 Å². The van der Waals surface area contributed by atoms with Crippen molar-refractivity contribution in [1.82, 2.24) is 24.9 Å². The van der Waals surface area contributed by atoms with Gasteiger partial charge in [0.15, 0.2) is 24.7 Å². The first-order chi connectivity index (χ1) is 45.2. The first kappa shape index (κ1) is 76.0. The summed E-state index contributed by atoms with van der Waals surface area (Å²) in [5.74, 6) is -1.38. The minimum atomic E-state index is -1.95. The average Bonchev–Trinajstić information content (AvgIpc) is 1.05. The summed E-state index contributed by atoms with van der Waals surface area (Å²) in [7, 11) is 1.25. The summed E-state index contributed by atoms with van der Waals surface area (Å²) in [5, 5.41) is 15.6. The summed E-state index contributed by atoms with van der Waals surface area (Å²) in [6.45, 7) is 12.9. The Balaban J connectivity index is 1.07. The van der Waals surface area contributed by atoms with Gasteiger partial charge in [0.25, 0.3) is 14.1 Å². The summed E-state index contributed by atoms with van der Waals surface area (Å²) < 4.78 is 71.0. The number of H-pyrrole nitrogens is 1. The molecule has 0 saturated carbocycles. The van der Waals surface area contributed by atoms with E-state index in [0.29, 0.717) is 24.3 Å². The molecule has 24 nitrogen and oxygen atoms in total. The van der Waals surface area contributed by atoms with Crippen LogP contribution in [0.1, 0.15) is 175 Å². The second-order valence-corrected chi connectivity index (χ2v) is 25.5. The molecule has 3 heterocycles. The highest BCUT2D eigenvalue weighted by Crippen LogP contribution is 2.51.